The van der Waals surface area contributed by atoms with Crippen molar-refractivity contribution < 1.29 is 14.3 Å². The van der Waals surface area contributed by atoms with E-state index >= 15 is 0 Å². The van der Waals surface area contributed by atoms with Crippen LogP contribution in [0.3, 0.4) is 0 Å². The molecule has 0 spiro atoms. The number of morpholine rings is 1. The Hall–Kier alpha value is -1.39. The summed E-state index contributed by atoms with van der Waals surface area (Å²) in [6.07, 6.45) is 0.125. The fourth-order valence-electron chi connectivity index (χ4n) is 2.49. The maximum Gasteiger partial charge on any atom is 0.254 e. The summed E-state index contributed by atoms with van der Waals surface area (Å²) in [4.78, 5) is 14.2. The van der Waals surface area contributed by atoms with Crippen LogP contribution < -0.4 is 0 Å². The summed E-state index contributed by atoms with van der Waals surface area (Å²) in [5, 5.41) is 0. The van der Waals surface area contributed by atoms with Gasteiger partial charge in [-0.2, -0.15) is 0 Å². The van der Waals surface area contributed by atoms with Gasteiger partial charge in [-0.3, -0.25) is 4.79 Å². The number of nitrogens with zero attached hydrogens (tertiary/aromatic N) is 1. The number of benzene rings is 1. The predicted molar refractivity (Wildman–Crippen MR) is 66.3 cm³/mol. The number of rotatable bonds is 1. The maximum atomic E-state index is 12.4. The molecule has 4 nitrogen and oxygen atoms in total. The van der Waals surface area contributed by atoms with Gasteiger partial charge in [0.05, 0.1) is 25.9 Å². The lowest BCUT2D eigenvalue weighted by Crippen LogP contribution is -2.44. The molecule has 1 amide bonds. The average molecular weight is 247 g/mol. The first-order valence-electron chi connectivity index (χ1n) is 6.34. The van der Waals surface area contributed by atoms with Crippen LogP contribution in [-0.2, 0) is 22.7 Å². The molecule has 3 rings (SSSR count). The molecule has 1 aromatic rings. The van der Waals surface area contributed by atoms with E-state index in [0.29, 0.717) is 32.9 Å². The molecule has 0 saturated carbocycles. The molecule has 0 unspecified atom stereocenters. The number of hydrogen-bond acceptors (Lipinski definition) is 3. The quantitative estimate of drug-likeness (QED) is 0.756. The van der Waals surface area contributed by atoms with E-state index in [0.717, 1.165) is 11.1 Å². The predicted octanol–water partition coefficient (Wildman–Crippen LogP) is 1.58. The van der Waals surface area contributed by atoms with Gasteiger partial charge in [0, 0.05) is 18.7 Å². The minimum Gasteiger partial charge on any atom is -0.375 e. The Kier molecular flexibility index (Phi) is 3.06. The van der Waals surface area contributed by atoms with Crippen LogP contribution in [0.4, 0.5) is 0 Å². The van der Waals surface area contributed by atoms with E-state index in [4.69, 9.17) is 9.47 Å². The Morgan fingerprint density at radius 1 is 1.33 bits per heavy atom. The standard InChI is InChI=1S/C14H17NO3/c1-10-7-15(4-5-18-10)14(16)11-2-3-12-8-17-9-13(12)6-11/h2-3,6,10H,4-5,7-9H2,1H3/t10-/m0/s1. The second-order valence-corrected chi connectivity index (χ2v) is 4.91. The van der Waals surface area contributed by atoms with E-state index < -0.39 is 0 Å². The molecule has 1 fully saturated rings. The molecule has 0 radical (unpaired) electrons. The van der Waals surface area contributed by atoms with E-state index in [1.54, 1.807) is 0 Å². The second-order valence-electron chi connectivity index (χ2n) is 4.91. The van der Waals surface area contributed by atoms with Crippen molar-refractivity contribution in [2.75, 3.05) is 19.7 Å². The van der Waals surface area contributed by atoms with Crippen molar-refractivity contribution in [3.8, 4) is 0 Å². The van der Waals surface area contributed by atoms with Crippen LogP contribution >= 0.6 is 0 Å². The van der Waals surface area contributed by atoms with Crippen molar-refractivity contribution in [2.24, 2.45) is 0 Å². The molecule has 1 saturated heterocycles. The zero-order chi connectivity index (χ0) is 12.5. The fraction of sp³-hybridized carbons (Fsp3) is 0.500. The van der Waals surface area contributed by atoms with Crippen molar-refractivity contribution in [3.63, 3.8) is 0 Å². The molecule has 18 heavy (non-hydrogen) atoms. The van der Waals surface area contributed by atoms with E-state index in [-0.39, 0.29) is 12.0 Å². The second kappa shape index (κ2) is 4.71. The van der Waals surface area contributed by atoms with Gasteiger partial charge in [0.15, 0.2) is 0 Å². The Morgan fingerprint density at radius 2 is 2.17 bits per heavy atom. The summed E-state index contributed by atoms with van der Waals surface area (Å²) in [6.45, 7) is 5.26. The van der Waals surface area contributed by atoms with Gasteiger partial charge in [0.2, 0.25) is 0 Å². The number of ether oxygens (including phenoxy) is 2. The number of amides is 1. The van der Waals surface area contributed by atoms with E-state index in [1.807, 2.05) is 30.0 Å². The number of fused-ring (bicyclic) bond motifs is 1. The third kappa shape index (κ3) is 2.13. The normalized spacial score (nSPS) is 22.9. The molecule has 0 aliphatic carbocycles. The van der Waals surface area contributed by atoms with Gasteiger partial charge >= 0.3 is 0 Å². The molecule has 4 heteroatoms. The molecule has 0 N–H and O–H groups in total. The van der Waals surface area contributed by atoms with Crippen molar-refractivity contribution in [2.45, 2.75) is 26.2 Å². The van der Waals surface area contributed by atoms with Crippen molar-refractivity contribution in [3.05, 3.63) is 34.9 Å². The number of carbonyl (C=O) groups is 1. The summed E-state index contributed by atoms with van der Waals surface area (Å²) in [5.41, 5.74) is 3.09. The average Bonchev–Trinajstić information content (AvgIpc) is 2.85. The molecule has 96 valence electrons. The van der Waals surface area contributed by atoms with Crippen LogP contribution in [-0.4, -0.2) is 36.6 Å². The molecule has 1 atom stereocenters. The largest absolute Gasteiger partial charge is 0.375 e. The highest BCUT2D eigenvalue weighted by molar-refractivity contribution is 5.94. The van der Waals surface area contributed by atoms with Crippen LogP contribution in [0, 0.1) is 0 Å². The number of carbonyl (C=O) groups excluding carboxylic acids is 1. The third-order valence-corrected chi connectivity index (χ3v) is 3.50. The van der Waals surface area contributed by atoms with Gasteiger partial charge in [-0.05, 0) is 30.2 Å². The van der Waals surface area contributed by atoms with Gasteiger partial charge < -0.3 is 14.4 Å². The van der Waals surface area contributed by atoms with Crippen LogP contribution in [0.15, 0.2) is 18.2 Å². The highest BCUT2D eigenvalue weighted by atomic mass is 16.5. The summed E-state index contributed by atoms with van der Waals surface area (Å²) in [7, 11) is 0. The Balaban J connectivity index is 1.79. The molecule has 1 aromatic carbocycles. The lowest BCUT2D eigenvalue weighted by molar-refractivity contribution is -0.0124. The first-order valence-corrected chi connectivity index (χ1v) is 6.34. The maximum absolute atomic E-state index is 12.4. The summed E-state index contributed by atoms with van der Waals surface area (Å²) in [6, 6.07) is 5.86. The first kappa shape index (κ1) is 11.7. The molecule has 2 aliphatic heterocycles. The lowest BCUT2D eigenvalue weighted by atomic mass is 10.1. The monoisotopic (exact) mass is 247 g/mol. The van der Waals surface area contributed by atoms with Gasteiger partial charge in [-0.1, -0.05) is 6.07 Å². The van der Waals surface area contributed by atoms with E-state index in [2.05, 4.69) is 0 Å². The van der Waals surface area contributed by atoms with E-state index in [1.165, 1.54) is 5.56 Å². The number of hydrogen-bond donors (Lipinski definition) is 0. The molecule has 0 bridgehead atoms. The van der Waals surface area contributed by atoms with Gasteiger partial charge in [-0.15, -0.1) is 0 Å². The Bertz CT molecular complexity index is 472. The summed E-state index contributed by atoms with van der Waals surface area (Å²) >= 11 is 0. The zero-order valence-corrected chi connectivity index (χ0v) is 10.5. The van der Waals surface area contributed by atoms with Crippen LogP contribution in [0.2, 0.25) is 0 Å². The first-order chi connectivity index (χ1) is 8.74. The molecular formula is C14H17NO3. The smallest absolute Gasteiger partial charge is 0.254 e. The summed E-state index contributed by atoms with van der Waals surface area (Å²) < 4.78 is 10.8. The van der Waals surface area contributed by atoms with E-state index in [9.17, 15) is 4.79 Å². The summed E-state index contributed by atoms with van der Waals surface area (Å²) in [5.74, 6) is 0.0971. The molecular weight excluding hydrogens is 230 g/mol. The fourth-order valence-corrected chi connectivity index (χ4v) is 2.49. The van der Waals surface area contributed by atoms with Crippen LogP contribution in [0.5, 0.6) is 0 Å². The highest BCUT2D eigenvalue weighted by Gasteiger charge is 2.23. The van der Waals surface area contributed by atoms with Gasteiger partial charge in [-0.25, -0.2) is 0 Å². The lowest BCUT2D eigenvalue weighted by Gasteiger charge is -2.31. The third-order valence-electron chi connectivity index (χ3n) is 3.50. The topological polar surface area (TPSA) is 38.8 Å². The van der Waals surface area contributed by atoms with Crippen molar-refractivity contribution >= 4 is 5.91 Å². The van der Waals surface area contributed by atoms with Crippen LogP contribution in [0.25, 0.3) is 0 Å². The van der Waals surface area contributed by atoms with Crippen molar-refractivity contribution in [1.82, 2.24) is 4.90 Å². The van der Waals surface area contributed by atoms with Gasteiger partial charge in [0.25, 0.3) is 5.91 Å². The van der Waals surface area contributed by atoms with Crippen LogP contribution in [0.1, 0.15) is 28.4 Å². The Labute approximate surface area is 106 Å². The highest BCUT2D eigenvalue weighted by Crippen LogP contribution is 2.22. The minimum atomic E-state index is 0.0971. The molecule has 2 heterocycles. The minimum absolute atomic E-state index is 0.0971. The zero-order valence-electron chi connectivity index (χ0n) is 10.5. The molecule has 0 aromatic heterocycles. The van der Waals surface area contributed by atoms with Gasteiger partial charge in [0.1, 0.15) is 0 Å². The SMILES string of the molecule is C[C@H]1CN(C(=O)c2ccc3c(c2)COC3)CCO1. The molecule has 2 aliphatic rings. The Morgan fingerprint density at radius 3 is 3.00 bits per heavy atom. The van der Waals surface area contributed by atoms with Crippen molar-refractivity contribution in [1.29, 1.82) is 0 Å².